The molecule has 0 radical (unpaired) electrons. The van der Waals surface area contributed by atoms with E-state index < -0.39 is 0 Å². The number of halogens is 2. The minimum atomic E-state index is -0.358. The van der Waals surface area contributed by atoms with Gasteiger partial charge in [-0.25, -0.2) is 4.39 Å². The van der Waals surface area contributed by atoms with E-state index in [9.17, 15) is 0 Å². The highest BCUT2D eigenvalue weighted by Crippen LogP contribution is 2.36. The predicted octanol–water partition coefficient (Wildman–Crippen LogP) is 5.35. The number of nitrogens with zero attached hydrogens (tertiary/aromatic N) is 3. The van der Waals surface area contributed by atoms with Crippen LogP contribution in [0.3, 0.4) is 0 Å². The van der Waals surface area contributed by atoms with E-state index in [1.807, 2.05) is 48.5 Å². The largest absolute Gasteiger partial charge is 0.491 e. The zero-order valence-electron chi connectivity index (χ0n) is 19.0. The average Bonchev–Trinajstić information content (AvgIpc) is 2.87. The summed E-state index contributed by atoms with van der Waals surface area (Å²) in [4.78, 5) is 4.48. The molecule has 2 atom stereocenters. The molecule has 5 nitrogen and oxygen atoms in total. The molecule has 1 fully saturated rings. The maximum atomic E-state index is 15.2. The minimum Gasteiger partial charge on any atom is -0.491 e. The van der Waals surface area contributed by atoms with Crippen LogP contribution in [0.4, 0.5) is 10.1 Å². The Labute approximate surface area is 204 Å². The molecule has 3 aromatic rings. The molecule has 7 heteroatoms. The molecule has 1 aliphatic rings. The average molecular weight is 480 g/mol. The van der Waals surface area contributed by atoms with E-state index in [1.165, 1.54) is 6.07 Å². The van der Waals surface area contributed by atoms with Crippen LogP contribution in [-0.4, -0.2) is 42.9 Å². The van der Waals surface area contributed by atoms with Gasteiger partial charge in [0, 0.05) is 36.8 Å². The highest BCUT2D eigenvalue weighted by Gasteiger charge is 2.32. The lowest BCUT2D eigenvalue weighted by Crippen LogP contribution is -2.49. The Morgan fingerprint density at radius 2 is 1.85 bits per heavy atom. The van der Waals surface area contributed by atoms with Crippen molar-refractivity contribution in [2.45, 2.75) is 19.0 Å². The van der Waals surface area contributed by atoms with Gasteiger partial charge in [-0.15, -0.1) is 0 Å². The Morgan fingerprint density at radius 1 is 1.12 bits per heavy atom. The van der Waals surface area contributed by atoms with E-state index in [2.05, 4.69) is 22.8 Å². The summed E-state index contributed by atoms with van der Waals surface area (Å²) < 4.78 is 20.5. The molecule has 0 saturated carbocycles. The summed E-state index contributed by atoms with van der Waals surface area (Å²) in [7, 11) is 0. The van der Waals surface area contributed by atoms with Gasteiger partial charge in [-0.3, -0.25) is 4.90 Å². The molecule has 1 N–H and O–H groups in total. The maximum Gasteiger partial charge on any atom is 0.150 e. The minimum absolute atomic E-state index is 0.0782. The van der Waals surface area contributed by atoms with Crippen LogP contribution >= 0.6 is 11.6 Å². The third-order valence-corrected chi connectivity index (χ3v) is 6.58. The number of ether oxygens (including phenoxy) is 1. The maximum absolute atomic E-state index is 15.2. The third-order valence-electron chi connectivity index (χ3n) is 6.33. The smallest absolute Gasteiger partial charge is 0.150 e. The number of piperazine rings is 1. The Kier molecular flexibility index (Phi) is 7.69. The third kappa shape index (κ3) is 5.34. The summed E-state index contributed by atoms with van der Waals surface area (Å²) in [6.45, 7) is 4.25. The van der Waals surface area contributed by atoms with Gasteiger partial charge in [0.25, 0.3) is 0 Å². The quantitative estimate of drug-likeness (QED) is 0.495. The zero-order valence-corrected chi connectivity index (χ0v) is 19.8. The summed E-state index contributed by atoms with van der Waals surface area (Å²) in [5.41, 5.74) is 3.35. The van der Waals surface area contributed by atoms with Crippen molar-refractivity contribution in [2.75, 3.05) is 37.7 Å². The van der Waals surface area contributed by atoms with Crippen molar-refractivity contribution in [2.24, 2.45) is 0 Å². The van der Waals surface area contributed by atoms with Gasteiger partial charge in [-0.1, -0.05) is 35.9 Å². The van der Waals surface area contributed by atoms with Crippen LogP contribution in [0.15, 0.2) is 66.7 Å². The molecule has 1 aliphatic heterocycles. The highest BCUT2D eigenvalue weighted by molar-refractivity contribution is 6.30. The standard InChI is InChI=1S/C27H27ClFN3O2/c1-19(21-4-2-20(17-30)3-5-21)31-12-13-32(27(18-31)22-6-8-23(28)9-7-22)26-11-10-24(16-25(26)29)34-15-14-33/h2-11,16,19,27,33H,12-15,18H2,1H3/t19-,27+/m1/s1. The lowest BCUT2D eigenvalue weighted by atomic mass is 9.98. The molecular weight excluding hydrogens is 453 g/mol. The van der Waals surface area contributed by atoms with Gasteiger partial charge in [0.1, 0.15) is 18.2 Å². The fraction of sp³-hybridized carbons (Fsp3) is 0.296. The molecule has 34 heavy (non-hydrogen) atoms. The fourth-order valence-corrected chi connectivity index (χ4v) is 4.56. The first-order chi connectivity index (χ1) is 16.5. The fourth-order valence-electron chi connectivity index (χ4n) is 4.44. The normalized spacial score (nSPS) is 17.3. The van der Waals surface area contributed by atoms with E-state index in [0.717, 1.165) is 17.7 Å². The summed E-state index contributed by atoms with van der Waals surface area (Å²) in [6, 6.07) is 22.5. The van der Waals surface area contributed by atoms with E-state index >= 15 is 4.39 Å². The van der Waals surface area contributed by atoms with Crippen LogP contribution < -0.4 is 9.64 Å². The monoisotopic (exact) mass is 479 g/mol. The Morgan fingerprint density at radius 3 is 2.50 bits per heavy atom. The van der Waals surface area contributed by atoms with Crippen LogP contribution in [0.1, 0.15) is 35.7 Å². The summed E-state index contributed by atoms with van der Waals surface area (Å²) in [5.74, 6) is 0.0365. The Hall–Kier alpha value is -3.11. The second kappa shape index (κ2) is 10.9. The zero-order chi connectivity index (χ0) is 24.1. The second-order valence-corrected chi connectivity index (χ2v) is 8.79. The van der Waals surface area contributed by atoms with Gasteiger partial charge in [-0.05, 0) is 54.4 Å². The highest BCUT2D eigenvalue weighted by atomic mass is 35.5. The summed E-state index contributed by atoms with van der Waals surface area (Å²) in [5, 5.41) is 18.7. The van der Waals surface area contributed by atoms with Gasteiger partial charge < -0.3 is 14.7 Å². The van der Waals surface area contributed by atoms with Crippen molar-refractivity contribution < 1.29 is 14.2 Å². The number of hydrogen-bond acceptors (Lipinski definition) is 5. The van der Waals surface area contributed by atoms with Crippen molar-refractivity contribution in [1.82, 2.24) is 4.90 Å². The van der Waals surface area contributed by atoms with Crippen LogP contribution in [0.25, 0.3) is 0 Å². The molecule has 0 bridgehead atoms. The molecule has 3 aromatic carbocycles. The van der Waals surface area contributed by atoms with Crippen LogP contribution in [-0.2, 0) is 0 Å². The van der Waals surface area contributed by atoms with Gasteiger partial charge in [0.05, 0.1) is 30.0 Å². The topological polar surface area (TPSA) is 59.7 Å². The summed E-state index contributed by atoms with van der Waals surface area (Å²) in [6.07, 6.45) is 0. The first kappa shape index (κ1) is 24.0. The molecule has 176 valence electrons. The van der Waals surface area contributed by atoms with Crippen LogP contribution in [0.2, 0.25) is 5.02 Å². The number of rotatable bonds is 7. The Bertz CT molecular complexity index is 1150. The van der Waals surface area contributed by atoms with E-state index in [-0.39, 0.29) is 31.1 Å². The predicted molar refractivity (Wildman–Crippen MR) is 132 cm³/mol. The number of aliphatic hydroxyl groups is 1. The van der Waals surface area contributed by atoms with Crippen molar-refractivity contribution >= 4 is 17.3 Å². The van der Waals surface area contributed by atoms with Crippen molar-refractivity contribution in [3.8, 4) is 11.8 Å². The van der Waals surface area contributed by atoms with E-state index in [0.29, 0.717) is 35.1 Å². The molecule has 0 unspecified atom stereocenters. The number of anilines is 1. The number of nitriles is 1. The molecule has 1 saturated heterocycles. The van der Waals surface area contributed by atoms with Crippen LogP contribution in [0, 0.1) is 17.1 Å². The van der Waals surface area contributed by atoms with Gasteiger partial charge in [0.2, 0.25) is 0 Å². The van der Waals surface area contributed by atoms with E-state index in [4.69, 9.17) is 26.7 Å². The number of hydrogen-bond donors (Lipinski definition) is 1. The number of aliphatic hydroxyl groups excluding tert-OH is 1. The van der Waals surface area contributed by atoms with Gasteiger partial charge >= 0.3 is 0 Å². The molecule has 0 spiro atoms. The molecular formula is C27H27ClFN3O2. The molecule has 4 rings (SSSR count). The van der Waals surface area contributed by atoms with Crippen LogP contribution in [0.5, 0.6) is 5.75 Å². The molecule has 1 heterocycles. The second-order valence-electron chi connectivity index (χ2n) is 8.35. The SMILES string of the molecule is C[C@H](c1ccc(C#N)cc1)N1CCN(c2ccc(OCCO)cc2F)[C@H](c2ccc(Cl)cc2)C1. The van der Waals surface area contributed by atoms with Gasteiger partial charge in [0.15, 0.2) is 0 Å². The lowest BCUT2D eigenvalue weighted by Gasteiger charge is -2.45. The number of benzene rings is 3. The molecule has 0 amide bonds. The van der Waals surface area contributed by atoms with Gasteiger partial charge in [-0.2, -0.15) is 5.26 Å². The van der Waals surface area contributed by atoms with Crippen molar-refractivity contribution in [3.05, 3.63) is 94.3 Å². The lowest BCUT2D eigenvalue weighted by molar-refractivity contribution is 0.170. The van der Waals surface area contributed by atoms with Crippen molar-refractivity contribution in [3.63, 3.8) is 0 Å². The first-order valence-corrected chi connectivity index (χ1v) is 11.7. The Balaban J connectivity index is 1.61. The molecule has 0 aliphatic carbocycles. The molecule has 0 aromatic heterocycles. The first-order valence-electron chi connectivity index (χ1n) is 11.3. The van der Waals surface area contributed by atoms with Crippen molar-refractivity contribution in [1.29, 1.82) is 5.26 Å². The van der Waals surface area contributed by atoms with E-state index in [1.54, 1.807) is 12.1 Å². The summed E-state index contributed by atoms with van der Waals surface area (Å²) >= 11 is 6.13.